The number of halogens is 1. The van der Waals surface area contributed by atoms with E-state index in [4.69, 9.17) is 21.4 Å². The Kier molecular flexibility index (Phi) is 5.63. The maximum Gasteiger partial charge on any atom is 0.322 e. The number of amides is 4. The molecule has 1 atom stereocenters. The number of aliphatic hydroxyl groups is 1. The average Bonchev–Trinajstić information content (AvgIpc) is 2.79. The third-order valence-electron chi connectivity index (χ3n) is 3.52. The minimum atomic E-state index is -1.18. The minimum Gasteiger partial charge on any atom is -0.490 e. The summed E-state index contributed by atoms with van der Waals surface area (Å²) in [6.07, 6.45) is 0.603. The van der Waals surface area contributed by atoms with E-state index in [1.165, 1.54) is 4.90 Å². The summed E-state index contributed by atoms with van der Waals surface area (Å²) in [5.74, 6) is -0.0883. The first kappa shape index (κ1) is 18.0. The smallest absolute Gasteiger partial charge is 0.322 e. The van der Waals surface area contributed by atoms with Crippen molar-refractivity contribution in [1.82, 2.24) is 15.5 Å². The zero-order chi connectivity index (χ0) is 17.7. The van der Waals surface area contributed by atoms with Crippen molar-refractivity contribution in [3.05, 3.63) is 28.8 Å². The summed E-state index contributed by atoms with van der Waals surface area (Å²) in [5.41, 5.74) is -0.451. The number of carbonyl (C=O) groups is 3. The predicted octanol–water partition coefficient (Wildman–Crippen LogP) is 0.268. The Bertz CT molecular complexity index is 654. The van der Waals surface area contributed by atoms with Crippen molar-refractivity contribution in [2.45, 2.75) is 19.0 Å². The first-order valence-corrected chi connectivity index (χ1v) is 7.61. The molecular formula is C15H18ClN3O5. The van der Waals surface area contributed by atoms with E-state index in [2.05, 4.69) is 10.6 Å². The van der Waals surface area contributed by atoms with Gasteiger partial charge in [0.1, 0.15) is 17.9 Å². The third-order valence-corrected chi connectivity index (χ3v) is 3.83. The maximum atomic E-state index is 11.8. The predicted molar refractivity (Wildman–Crippen MR) is 85.6 cm³/mol. The number of carbonyl (C=O) groups excluding carboxylic acids is 3. The second kappa shape index (κ2) is 7.50. The van der Waals surface area contributed by atoms with Crippen molar-refractivity contribution in [3.8, 4) is 5.75 Å². The molecule has 9 heteroatoms. The van der Waals surface area contributed by atoms with Gasteiger partial charge in [0, 0.05) is 6.54 Å². The largest absolute Gasteiger partial charge is 0.490 e. The Morgan fingerprint density at radius 2 is 2.17 bits per heavy atom. The monoisotopic (exact) mass is 355 g/mol. The quantitative estimate of drug-likeness (QED) is 0.458. The fourth-order valence-electron chi connectivity index (χ4n) is 2.37. The molecule has 0 saturated carbocycles. The number of nitrogens with one attached hydrogen (secondary N) is 2. The molecular weight excluding hydrogens is 338 g/mol. The lowest BCUT2D eigenvalue weighted by atomic mass is 10.0. The van der Waals surface area contributed by atoms with Crippen LogP contribution in [0.4, 0.5) is 4.79 Å². The molecule has 1 aliphatic heterocycles. The van der Waals surface area contributed by atoms with E-state index < -0.39 is 17.5 Å². The fourth-order valence-corrected chi connectivity index (χ4v) is 2.55. The van der Waals surface area contributed by atoms with Crippen LogP contribution in [0.15, 0.2) is 18.2 Å². The standard InChI is InChI=1S/C15H18ClN3O5/c1-15(13(22)17-14(23)18-15)8-19(9-21)7-10-2-3-11(16)12(6-10)24-5-4-20/h2-3,6,9,20H,4-5,7-8H2,1H3,(H2,17,18,22,23). The van der Waals surface area contributed by atoms with Gasteiger partial charge in [0.2, 0.25) is 6.41 Å². The van der Waals surface area contributed by atoms with Gasteiger partial charge in [0.15, 0.2) is 0 Å². The van der Waals surface area contributed by atoms with Crippen LogP contribution in [0.5, 0.6) is 5.75 Å². The number of nitrogens with zero attached hydrogens (tertiary/aromatic N) is 1. The second-order valence-electron chi connectivity index (χ2n) is 5.59. The summed E-state index contributed by atoms with van der Waals surface area (Å²) in [6, 6.07) is 4.42. The SMILES string of the molecule is CC1(CN(C=O)Cc2ccc(Cl)c(OCCO)c2)NC(=O)NC1=O. The van der Waals surface area contributed by atoms with E-state index in [0.717, 1.165) is 5.56 Å². The summed E-state index contributed by atoms with van der Waals surface area (Å²) in [5, 5.41) is 13.9. The van der Waals surface area contributed by atoms with Crippen molar-refractivity contribution >= 4 is 29.9 Å². The van der Waals surface area contributed by atoms with E-state index >= 15 is 0 Å². The van der Waals surface area contributed by atoms with E-state index in [1.807, 2.05) is 0 Å². The number of hydrogen-bond acceptors (Lipinski definition) is 5. The highest BCUT2D eigenvalue weighted by atomic mass is 35.5. The van der Waals surface area contributed by atoms with Gasteiger partial charge in [-0.25, -0.2) is 4.79 Å². The van der Waals surface area contributed by atoms with Crippen molar-refractivity contribution in [2.24, 2.45) is 0 Å². The molecule has 4 amide bonds. The third kappa shape index (κ3) is 4.15. The van der Waals surface area contributed by atoms with Crippen LogP contribution in [0.1, 0.15) is 12.5 Å². The summed E-state index contributed by atoms with van der Waals surface area (Å²) < 4.78 is 5.32. The molecule has 1 saturated heterocycles. The lowest BCUT2D eigenvalue weighted by Gasteiger charge is -2.27. The summed E-state index contributed by atoms with van der Waals surface area (Å²) >= 11 is 6.01. The molecule has 1 aliphatic rings. The van der Waals surface area contributed by atoms with Gasteiger partial charge in [-0.2, -0.15) is 0 Å². The highest BCUT2D eigenvalue weighted by molar-refractivity contribution is 6.32. The Labute approximate surface area is 143 Å². The summed E-state index contributed by atoms with van der Waals surface area (Å²) in [4.78, 5) is 35.8. The summed E-state index contributed by atoms with van der Waals surface area (Å²) in [7, 11) is 0. The molecule has 1 unspecified atom stereocenters. The number of benzene rings is 1. The molecule has 1 aromatic rings. The first-order chi connectivity index (χ1) is 11.4. The number of rotatable bonds is 8. The van der Waals surface area contributed by atoms with Crippen molar-refractivity contribution in [2.75, 3.05) is 19.8 Å². The highest BCUT2D eigenvalue weighted by Gasteiger charge is 2.43. The number of imide groups is 1. The molecule has 0 bridgehead atoms. The van der Waals surface area contributed by atoms with Gasteiger partial charge in [-0.3, -0.25) is 14.9 Å². The first-order valence-electron chi connectivity index (χ1n) is 7.23. The van der Waals surface area contributed by atoms with Crippen LogP contribution in [0.3, 0.4) is 0 Å². The van der Waals surface area contributed by atoms with Crippen molar-refractivity contribution < 1.29 is 24.2 Å². The number of aliphatic hydroxyl groups excluding tert-OH is 1. The van der Waals surface area contributed by atoms with Gasteiger partial charge in [0.25, 0.3) is 5.91 Å². The zero-order valence-corrected chi connectivity index (χ0v) is 13.8. The molecule has 1 heterocycles. The number of ether oxygens (including phenoxy) is 1. The van der Waals surface area contributed by atoms with Crippen LogP contribution in [0.25, 0.3) is 0 Å². The van der Waals surface area contributed by atoms with E-state index in [9.17, 15) is 14.4 Å². The van der Waals surface area contributed by atoms with Crippen molar-refractivity contribution in [1.29, 1.82) is 0 Å². The molecule has 1 fully saturated rings. The van der Waals surface area contributed by atoms with E-state index in [-0.39, 0.29) is 26.3 Å². The molecule has 0 aliphatic carbocycles. The second-order valence-corrected chi connectivity index (χ2v) is 5.99. The van der Waals surface area contributed by atoms with E-state index in [1.54, 1.807) is 25.1 Å². The Balaban J connectivity index is 2.09. The topological polar surface area (TPSA) is 108 Å². The molecule has 0 radical (unpaired) electrons. The van der Waals surface area contributed by atoms with Gasteiger partial charge in [-0.1, -0.05) is 17.7 Å². The maximum absolute atomic E-state index is 11.8. The van der Waals surface area contributed by atoms with Crippen LogP contribution in [-0.2, 0) is 16.1 Å². The molecule has 130 valence electrons. The molecule has 0 spiro atoms. The minimum absolute atomic E-state index is 0.0174. The molecule has 2 rings (SSSR count). The fraction of sp³-hybridized carbons (Fsp3) is 0.400. The van der Waals surface area contributed by atoms with Crippen LogP contribution in [0.2, 0.25) is 5.02 Å². The molecule has 24 heavy (non-hydrogen) atoms. The normalized spacial score (nSPS) is 19.6. The van der Waals surface area contributed by atoms with E-state index in [0.29, 0.717) is 17.2 Å². The van der Waals surface area contributed by atoms with Gasteiger partial charge in [-0.15, -0.1) is 0 Å². The van der Waals surface area contributed by atoms with Crippen LogP contribution < -0.4 is 15.4 Å². The lowest BCUT2D eigenvalue weighted by molar-refractivity contribution is -0.126. The highest BCUT2D eigenvalue weighted by Crippen LogP contribution is 2.26. The molecule has 8 nitrogen and oxygen atoms in total. The number of urea groups is 1. The Morgan fingerprint density at radius 1 is 1.42 bits per heavy atom. The van der Waals surface area contributed by atoms with Crippen LogP contribution >= 0.6 is 11.6 Å². The molecule has 0 aromatic heterocycles. The van der Waals surface area contributed by atoms with Gasteiger partial charge in [0.05, 0.1) is 18.2 Å². The van der Waals surface area contributed by atoms with Crippen molar-refractivity contribution in [3.63, 3.8) is 0 Å². The molecule has 1 aromatic carbocycles. The number of hydrogen-bond donors (Lipinski definition) is 3. The summed E-state index contributed by atoms with van der Waals surface area (Å²) in [6.45, 7) is 1.72. The van der Waals surface area contributed by atoms with Gasteiger partial charge >= 0.3 is 6.03 Å². The average molecular weight is 356 g/mol. The van der Waals surface area contributed by atoms with Gasteiger partial charge in [-0.05, 0) is 24.6 Å². The van der Waals surface area contributed by atoms with Crippen LogP contribution in [0, 0.1) is 0 Å². The molecule has 3 N–H and O–H groups in total. The lowest BCUT2D eigenvalue weighted by Crippen LogP contribution is -2.52. The van der Waals surface area contributed by atoms with Crippen LogP contribution in [-0.4, -0.2) is 53.7 Å². The van der Waals surface area contributed by atoms with Gasteiger partial charge < -0.3 is 20.1 Å². The Hall–Kier alpha value is -2.32. The zero-order valence-electron chi connectivity index (χ0n) is 13.0. The Morgan fingerprint density at radius 3 is 2.75 bits per heavy atom.